The van der Waals surface area contributed by atoms with Crippen LogP contribution in [0.25, 0.3) is 0 Å². The fourth-order valence-corrected chi connectivity index (χ4v) is 13.2. The van der Waals surface area contributed by atoms with Crippen LogP contribution in [-0.4, -0.2) is 91.1 Å². The number of aromatic nitrogens is 6. The maximum Gasteiger partial charge on any atom is 0.201 e. The van der Waals surface area contributed by atoms with E-state index < -0.39 is 35.4 Å². The monoisotopic (exact) mass is 883 g/mol. The molecule has 16 heteroatoms. The molecule has 0 aromatic carbocycles. The Bertz CT molecular complexity index is 1720. The molecule has 352 valence electrons. The minimum atomic E-state index is -0.781. The molecule has 2 aromatic rings. The molecule has 2 aliphatic carbocycles. The largest absolute Gasteiger partial charge is 0.352 e. The Morgan fingerprint density at radius 1 is 0.556 bits per heavy atom. The molecular weight excluding hydrogens is 809 g/mol. The van der Waals surface area contributed by atoms with Crippen molar-refractivity contribution in [3.63, 3.8) is 0 Å². The van der Waals surface area contributed by atoms with Gasteiger partial charge in [-0.05, 0) is 88.9 Å². The van der Waals surface area contributed by atoms with Gasteiger partial charge in [-0.15, -0.1) is 10.2 Å². The number of aryl methyl sites for hydroxylation is 2. The van der Waals surface area contributed by atoms with Crippen LogP contribution >= 0.6 is 0 Å². The van der Waals surface area contributed by atoms with Gasteiger partial charge < -0.3 is 28.4 Å². The third kappa shape index (κ3) is 8.47. The molecule has 0 N–H and O–H groups in total. The Hall–Kier alpha value is -2.12. The SMILES string of the molecule is C[C@H]1[C@H](OCCc2cn(CCCCCCCCCn3cc(CCO[C@@H]4O[C@@H]5O[C@]6(C)CC[C@H]7[C@H](C)CC[C@@H]([C@H]4C)[C@@]57OO6)nn3)nn2)O[C@@H]2O[C@]3(C)CC[C@H]4[C@H](C)CC[C@@H]1[C@@]24OO3. The Morgan fingerprint density at radius 3 is 1.43 bits per heavy atom. The van der Waals surface area contributed by atoms with Crippen LogP contribution in [0.4, 0.5) is 0 Å². The first-order valence-corrected chi connectivity index (χ1v) is 24.9. The summed E-state index contributed by atoms with van der Waals surface area (Å²) in [6.07, 6.45) is 20.2. The summed E-state index contributed by atoms with van der Waals surface area (Å²) < 4.78 is 42.9. The third-order valence-electron chi connectivity index (χ3n) is 16.9. The highest BCUT2D eigenvalue weighted by Crippen LogP contribution is 2.62. The smallest absolute Gasteiger partial charge is 0.201 e. The van der Waals surface area contributed by atoms with Crippen LogP contribution in [-0.2, 0) is 73.9 Å². The minimum Gasteiger partial charge on any atom is -0.352 e. The van der Waals surface area contributed by atoms with E-state index >= 15 is 0 Å². The second-order valence-corrected chi connectivity index (χ2v) is 21.2. The van der Waals surface area contributed by atoms with Crippen molar-refractivity contribution < 1.29 is 48.0 Å². The van der Waals surface area contributed by atoms with Crippen LogP contribution in [0.3, 0.4) is 0 Å². The van der Waals surface area contributed by atoms with Crippen molar-refractivity contribution in [1.82, 2.24) is 30.0 Å². The van der Waals surface area contributed by atoms with Gasteiger partial charge in [-0.25, -0.2) is 19.6 Å². The van der Waals surface area contributed by atoms with E-state index in [0.29, 0.717) is 49.7 Å². The summed E-state index contributed by atoms with van der Waals surface area (Å²) in [4.78, 5) is 24.4. The second kappa shape index (κ2) is 18.2. The van der Waals surface area contributed by atoms with Crippen molar-refractivity contribution in [2.75, 3.05) is 13.2 Å². The fraction of sp³-hybridized carbons (Fsp3) is 0.915. The van der Waals surface area contributed by atoms with E-state index in [1.807, 2.05) is 23.2 Å². The summed E-state index contributed by atoms with van der Waals surface area (Å²) in [5, 5.41) is 17.7. The van der Waals surface area contributed by atoms with Crippen molar-refractivity contribution in [1.29, 1.82) is 0 Å². The van der Waals surface area contributed by atoms with E-state index in [-0.39, 0.29) is 36.3 Å². The van der Waals surface area contributed by atoms with E-state index in [1.165, 1.54) is 44.9 Å². The molecule has 16 nitrogen and oxygen atoms in total. The zero-order valence-corrected chi connectivity index (χ0v) is 38.7. The van der Waals surface area contributed by atoms with E-state index in [1.54, 1.807) is 0 Å². The molecule has 0 amide bonds. The van der Waals surface area contributed by atoms with Crippen LogP contribution in [0, 0.1) is 47.3 Å². The average molecular weight is 883 g/mol. The Balaban J connectivity index is 0.583. The summed E-state index contributed by atoms with van der Waals surface area (Å²) in [6, 6.07) is 0. The van der Waals surface area contributed by atoms with E-state index in [2.05, 4.69) is 60.7 Å². The highest BCUT2D eigenvalue weighted by molar-refractivity contribution is 5.11. The number of hydrogen-bond acceptors (Lipinski definition) is 14. The van der Waals surface area contributed by atoms with Crippen molar-refractivity contribution in [3.05, 3.63) is 23.8 Å². The number of unbranched alkanes of at least 4 members (excludes halogenated alkanes) is 6. The van der Waals surface area contributed by atoms with Crippen LogP contribution in [0.5, 0.6) is 0 Å². The molecule has 16 atom stereocenters. The molecule has 8 saturated heterocycles. The minimum absolute atomic E-state index is 0.162. The normalized spacial score (nSPS) is 43.9. The highest BCUT2D eigenvalue weighted by Gasteiger charge is 2.71. The first-order chi connectivity index (χ1) is 30.5. The number of nitrogens with zero attached hydrogens (tertiary/aromatic N) is 6. The van der Waals surface area contributed by atoms with Gasteiger partial charge in [0.2, 0.25) is 11.6 Å². The highest BCUT2D eigenvalue weighted by atomic mass is 17.3. The molecule has 2 aromatic heterocycles. The predicted molar refractivity (Wildman–Crippen MR) is 225 cm³/mol. The van der Waals surface area contributed by atoms with Crippen LogP contribution in [0.2, 0.25) is 0 Å². The standard InChI is InChI=1S/C47H74N6O10/c1-30-14-16-38-32(3)40(56-42-46(38)36(30)18-22-44(5,58-42)60-62-46)54-26-20-34-28-52(50-48-34)24-12-10-8-7-9-11-13-25-53-29-35(49-51-53)21-27-55-41-33(4)39-17-15-31(2)37-19-23-45(6)59-43(57-41)47(37,39)63-61-45/h28-33,36-43H,7-27H2,1-6H3/t30-,31-,32-,33-,36+,37+,38+,39+,40-,41-,42-,43-,44+,45+,46-,47-/m1/s1. The summed E-state index contributed by atoms with van der Waals surface area (Å²) in [7, 11) is 0. The van der Waals surface area contributed by atoms with Gasteiger partial charge in [0.1, 0.15) is 0 Å². The molecule has 0 radical (unpaired) electrons. The van der Waals surface area contributed by atoms with Gasteiger partial charge in [0.25, 0.3) is 0 Å². The Kier molecular flexibility index (Phi) is 12.9. The molecule has 2 saturated carbocycles. The maximum absolute atomic E-state index is 6.58. The fourth-order valence-electron chi connectivity index (χ4n) is 13.2. The number of rotatable bonds is 18. The van der Waals surface area contributed by atoms with Crippen molar-refractivity contribution in [2.45, 2.75) is 212 Å². The van der Waals surface area contributed by atoms with Gasteiger partial charge in [0, 0.05) is 74.8 Å². The Labute approximate surface area is 373 Å². The van der Waals surface area contributed by atoms with E-state index in [0.717, 1.165) is 75.8 Å². The maximum atomic E-state index is 6.58. The van der Waals surface area contributed by atoms with Crippen molar-refractivity contribution in [3.8, 4) is 0 Å². The van der Waals surface area contributed by atoms with Gasteiger partial charge in [-0.1, -0.05) is 70.2 Å². The molecule has 63 heavy (non-hydrogen) atoms. The molecule has 0 unspecified atom stereocenters. The van der Waals surface area contributed by atoms with Crippen molar-refractivity contribution >= 4 is 0 Å². The zero-order valence-electron chi connectivity index (χ0n) is 38.7. The quantitative estimate of drug-likeness (QED) is 0.106. The predicted octanol–water partition coefficient (Wildman–Crippen LogP) is 7.83. The lowest BCUT2D eigenvalue weighted by Gasteiger charge is -2.60. The van der Waals surface area contributed by atoms with Crippen LogP contribution in [0.15, 0.2) is 12.4 Å². The number of hydrogen-bond donors (Lipinski definition) is 0. The molecule has 10 heterocycles. The summed E-state index contributed by atoms with van der Waals surface area (Å²) in [5.41, 5.74) is 0.756. The second-order valence-electron chi connectivity index (χ2n) is 21.2. The first-order valence-electron chi connectivity index (χ1n) is 24.9. The summed E-state index contributed by atoms with van der Waals surface area (Å²) in [5.74, 6) is 1.06. The molecule has 4 bridgehead atoms. The van der Waals surface area contributed by atoms with Gasteiger partial charge in [0.15, 0.2) is 36.4 Å². The van der Waals surface area contributed by atoms with Gasteiger partial charge in [-0.2, -0.15) is 0 Å². The summed E-state index contributed by atoms with van der Waals surface area (Å²) in [6.45, 7) is 15.9. The van der Waals surface area contributed by atoms with Gasteiger partial charge in [-0.3, -0.25) is 9.36 Å². The van der Waals surface area contributed by atoms with Gasteiger partial charge in [0.05, 0.1) is 24.6 Å². The van der Waals surface area contributed by atoms with E-state index in [4.69, 9.17) is 48.0 Å². The third-order valence-corrected chi connectivity index (χ3v) is 16.9. The lowest BCUT2D eigenvalue weighted by molar-refractivity contribution is -0.577. The van der Waals surface area contributed by atoms with Crippen LogP contribution in [0.1, 0.15) is 149 Å². The lowest BCUT2D eigenvalue weighted by Crippen LogP contribution is -2.70. The summed E-state index contributed by atoms with van der Waals surface area (Å²) >= 11 is 0. The topological polar surface area (TPSA) is 154 Å². The molecule has 8 aliphatic heterocycles. The first kappa shape index (κ1) is 44.7. The van der Waals surface area contributed by atoms with Crippen LogP contribution < -0.4 is 0 Å². The molecule has 10 aliphatic rings. The lowest BCUT2D eigenvalue weighted by atomic mass is 9.58. The number of fused-ring (bicyclic) bond motifs is 4. The Morgan fingerprint density at radius 2 is 0.984 bits per heavy atom. The average Bonchev–Trinajstić information content (AvgIpc) is 3.78. The van der Waals surface area contributed by atoms with E-state index in [9.17, 15) is 0 Å². The molecule has 10 fully saturated rings. The number of ether oxygens (including phenoxy) is 6. The van der Waals surface area contributed by atoms with Crippen molar-refractivity contribution in [2.24, 2.45) is 47.3 Å². The van der Waals surface area contributed by atoms with Gasteiger partial charge >= 0.3 is 0 Å². The molecular formula is C47H74N6O10. The molecule has 2 spiro atoms. The zero-order chi connectivity index (χ0) is 43.4. The molecule has 12 rings (SSSR count).